The van der Waals surface area contributed by atoms with Crippen molar-refractivity contribution in [3.8, 4) is 0 Å². The van der Waals surface area contributed by atoms with Crippen molar-refractivity contribution < 1.29 is 39.6 Å². The first kappa shape index (κ1) is 19.1. The van der Waals surface area contributed by atoms with Crippen molar-refractivity contribution in [1.29, 1.82) is 0 Å². The third-order valence-corrected chi connectivity index (χ3v) is 3.55. The SMILES string of the molecule is CCC(=O)C(Nc1ccccc1)(C(=O)O)C(O)(CC(=O)O)C(=O)O. The summed E-state index contributed by atoms with van der Waals surface area (Å²) in [5.41, 5.74) is -6.45. The Labute approximate surface area is 136 Å². The van der Waals surface area contributed by atoms with Crippen LogP contribution in [-0.2, 0) is 19.2 Å². The molecule has 1 aromatic carbocycles. The minimum Gasteiger partial charge on any atom is -0.481 e. The normalized spacial score (nSPS) is 15.6. The Morgan fingerprint density at radius 2 is 1.54 bits per heavy atom. The summed E-state index contributed by atoms with van der Waals surface area (Å²) in [6.07, 6.45) is -1.93. The number of benzene rings is 1. The molecule has 0 bridgehead atoms. The maximum atomic E-state index is 12.4. The number of ketones is 1. The van der Waals surface area contributed by atoms with Crippen molar-refractivity contribution in [2.75, 3.05) is 5.32 Å². The van der Waals surface area contributed by atoms with E-state index in [1.807, 2.05) is 0 Å². The van der Waals surface area contributed by atoms with E-state index in [1.165, 1.54) is 31.2 Å². The van der Waals surface area contributed by atoms with Gasteiger partial charge in [0.25, 0.3) is 0 Å². The highest BCUT2D eigenvalue weighted by atomic mass is 16.4. The second-order valence-electron chi connectivity index (χ2n) is 5.06. The van der Waals surface area contributed by atoms with Crippen molar-refractivity contribution >= 4 is 29.4 Å². The Balaban J connectivity index is 3.66. The highest BCUT2D eigenvalue weighted by Crippen LogP contribution is 2.33. The van der Waals surface area contributed by atoms with E-state index in [9.17, 15) is 34.5 Å². The molecule has 0 fully saturated rings. The van der Waals surface area contributed by atoms with Crippen LogP contribution in [0.5, 0.6) is 0 Å². The number of hydrogen-bond donors (Lipinski definition) is 5. The molecule has 0 heterocycles. The number of carboxylic acids is 3. The number of para-hydroxylation sites is 1. The van der Waals surface area contributed by atoms with Crippen LogP contribution in [0.2, 0.25) is 0 Å². The van der Waals surface area contributed by atoms with Crippen LogP contribution in [0.4, 0.5) is 5.69 Å². The fraction of sp³-hybridized carbons (Fsp3) is 0.333. The average Bonchev–Trinajstić information content (AvgIpc) is 2.51. The standard InChI is InChI=1S/C15H17NO8/c1-2-10(17)15(13(22)23,16-9-6-4-3-5-7-9)14(24,12(20)21)8-11(18)19/h3-7,16,24H,2,8H2,1H3,(H,18,19)(H,20,21)(H,22,23). The highest BCUT2D eigenvalue weighted by Gasteiger charge is 2.66. The van der Waals surface area contributed by atoms with Gasteiger partial charge in [0.2, 0.25) is 11.1 Å². The monoisotopic (exact) mass is 339 g/mol. The van der Waals surface area contributed by atoms with Crippen LogP contribution in [0.15, 0.2) is 30.3 Å². The Morgan fingerprint density at radius 3 is 1.92 bits per heavy atom. The van der Waals surface area contributed by atoms with E-state index >= 15 is 0 Å². The number of aliphatic carboxylic acids is 3. The van der Waals surface area contributed by atoms with E-state index in [-0.39, 0.29) is 5.69 Å². The molecule has 5 N–H and O–H groups in total. The van der Waals surface area contributed by atoms with Gasteiger partial charge in [0.05, 0.1) is 6.42 Å². The molecule has 0 saturated carbocycles. The van der Waals surface area contributed by atoms with Crippen LogP contribution in [0.1, 0.15) is 19.8 Å². The van der Waals surface area contributed by atoms with Crippen LogP contribution < -0.4 is 5.32 Å². The van der Waals surface area contributed by atoms with Gasteiger partial charge in [-0.15, -0.1) is 0 Å². The first-order valence-electron chi connectivity index (χ1n) is 6.89. The molecule has 24 heavy (non-hydrogen) atoms. The minimum atomic E-state index is -3.41. The van der Waals surface area contributed by atoms with E-state index in [1.54, 1.807) is 6.07 Å². The number of hydrogen-bond acceptors (Lipinski definition) is 6. The van der Waals surface area contributed by atoms with Gasteiger partial charge in [-0.2, -0.15) is 0 Å². The molecule has 0 aromatic heterocycles. The quantitative estimate of drug-likeness (QED) is 0.395. The van der Waals surface area contributed by atoms with Gasteiger partial charge in [-0.05, 0) is 12.1 Å². The summed E-state index contributed by atoms with van der Waals surface area (Å²) in [5, 5.41) is 40.5. The smallest absolute Gasteiger partial charge is 0.340 e. The third kappa shape index (κ3) is 3.20. The molecule has 0 saturated heterocycles. The number of Topliss-reactive ketones (excluding diaryl/α,β-unsaturated/α-hetero) is 1. The van der Waals surface area contributed by atoms with Crippen molar-refractivity contribution in [2.45, 2.75) is 30.9 Å². The molecule has 0 radical (unpaired) electrons. The minimum absolute atomic E-state index is 0.0340. The largest absolute Gasteiger partial charge is 0.481 e. The first-order chi connectivity index (χ1) is 11.1. The fourth-order valence-corrected chi connectivity index (χ4v) is 2.34. The summed E-state index contributed by atoms with van der Waals surface area (Å²) < 4.78 is 0. The molecule has 0 spiro atoms. The number of rotatable bonds is 9. The zero-order valence-corrected chi connectivity index (χ0v) is 12.7. The molecule has 1 rings (SSSR count). The number of carbonyl (C=O) groups is 4. The number of aliphatic hydroxyl groups is 1. The summed E-state index contributed by atoms with van der Waals surface area (Å²) in [7, 11) is 0. The van der Waals surface area contributed by atoms with Crippen LogP contribution in [0.3, 0.4) is 0 Å². The zero-order valence-electron chi connectivity index (χ0n) is 12.7. The van der Waals surface area contributed by atoms with Gasteiger partial charge >= 0.3 is 17.9 Å². The Bertz CT molecular complexity index is 659. The Hall–Kier alpha value is -2.94. The van der Waals surface area contributed by atoms with Gasteiger partial charge in [0, 0.05) is 12.1 Å². The van der Waals surface area contributed by atoms with E-state index in [0.29, 0.717) is 0 Å². The Morgan fingerprint density at radius 1 is 1.00 bits per heavy atom. The number of nitrogens with one attached hydrogen (secondary N) is 1. The molecular weight excluding hydrogens is 322 g/mol. The van der Waals surface area contributed by atoms with Crippen LogP contribution in [0, 0.1) is 0 Å². The lowest BCUT2D eigenvalue weighted by molar-refractivity contribution is -0.182. The maximum Gasteiger partial charge on any atom is 0.340 e. The molecule has 2 unspecified atom stereocenters. The third-order valence-electron chi connectivity index (χ3n) is 3.55. The molecule has 9 heteroatoms. The number of anilines is 1. The molecule has 2 atom stereocenters. The number of carboxylic acid groups (broad SMARTS) is 3. The van der Waals surface area contributed by atoms with E-state index in [0.717, 1.165) is 0 Å². The van der Waals surface area contributed by atoms with E-state index in [4.69, 9.17) is 5.11 Å². The summed E-state index contributed by atoms with van der Waals surface area (Å²) >= 11 is 0. The van der Waals surface area contributed by atoms with Crippen molar-refractivity contribution in [1.82, 2.24) is 0 Å². The van der Waals surface area contributed by atoms with E-state index in [2.05, 4.69) is 5.32 Å². The molecule has 130 valence electrons. The molecule has 9 nitrogen and oxygen atoms in total. The van der Waals surface area contributed by atoms with Gasteiger partial charge in [0.15, 0.2) is 5.78 Å². The molecule has 0 amide bonds. The van der Waals surface area contributed by atoms with Gasteiger partial charge in [-0.3, -0.25) is 9.59 Å². The fourth-order valence-electron chi connectivity index (χ4n) is 2.34. The second kappa shape index (κ2) is 7.09. The predicted octanol–water partition coefficient (Wildman–Crippen LogP) is 0.191. The number of carbonyl (C=O) groups excluding carboxylic acids is 1. The molecular formula is C15H17NO8. The van der Waals surface area contributed by atoms with Crippen LogP contribution >= 0.6 is 0 Å². The van der Waals surface area contributed by atoms with Crippen molar-refractivity contribution in [3.05, 3.63) is 30.3 Å². The van der Waals surface area contributed by atoms with Gasteiger partial charge < -0.3 is 25.7 Å². The highest BCUT2D eigenvalue weighted by molar-refractivity contribution is 6.16. The summed E-state index contributed by atoms with van der Waals surface area (Å²) in [4.78, 5) is 46.8. The van der Waals surface area contributed by atoms with Crippen molar-refractivity contribution in [3.63, 3.8) is 0 Å². The lowest BCUT2D eigenvalue weighted by atomic mass is 9.73. The van der Waals surface area contributed by atoms with Crippen LogP contribution in [-0.4, -0.2) is 55.3 Å². The second-order valence-corrected chi connectivity index (χ2v) is 5.06. The van der Waals surface area contributed by atoms with Gasteiger partial charge in [-0.25, -0.2) is 9.59 Å². The lowest BCUT2D eigenvalue weighted by Crippen LogP contribution is -2.72. The van der Waals surface area contributed by atoms with Gasteiger partial charge in [-0.1, -0.05) is 25.1 Å². The zero-order chi connectivity index (χ0) is 18.5. The molecule has 0 aliphatic carbocycles. The Kier molecular flexibility index (Phi) is 5.64. The summed E-state index contributed by atoms with van der Waals surface area (Å²) in [5.74, 6) is -7.09. The van der Waals surface area contributed by atoms with Gasteiger partial charge in [0.1, 0.15) is 0 Å². The van der Waals surface area contributed by atoms with Crippen molar-refractivity contribution in [2.24, 2.45) is 0 Å². The maximum absolute atomic E-state index is 12.4. The van der Waals surface area contributed by atoms with Crippen LogP contribution in [0.25, 0.3) is 0 Å². The predicted molar refractivity (Wildman–Crippen MR) is 80.6 cm³/mol. The summed E-state index contributed by atoms with van der Waals surface area (Å²) in [6.45, 7) is 1.27. The summed E-state index contributed by atoms with van der Waals surface area (Å²) in [6, 6.07) is 7.27. The average molecular weight is 339 g/mol. The molecule has 0 aliphatic rings. The molecule has 0 aliphatic heterocycles. The topological polar surface area (TPSA) is 161 Å². The van der Waals surface area contributed by atoms with E-state index < -0.39 is 47.7 Å². The first-order valence-corrected chi connectivity index (χ1v) is 6.89. The lowest BCUT2D eigenvalue weighted by Gasteiger charge is -2.40. The molecule has 1 aromatic rings.